The second kappa shape index (κ2) is 6.51. The quantitative estimate of drug-likeness (QED) is 0.834. The fourth-order valence-corrected chi connectivity index (χ4v) is 1.44. The summed E-state index contributed by atoms with van der Waals surface area (Å²) in [6.45, 7) is 2.41. The second-order valence-corrected chi connectivity index (χ2v) is 3.96. The summed E-state index contributed by atoms with van der Waals surface area (Å²) >= 11 is 5.75. The van der Waals surface area contributed by atoms with Crippen LogP contribution >= 0.6 is 11.6 Å². The molecule has 0 aliphatic rings. The minimum Gasteiger partial charge on any atom is -0.479 e. The molecule has 1 N–H and O–H groups in total. The Balaban J connectivity index is 2.60. The van der Waals surface area contributed by atoms with Crippen LogP contribution < -0.4 is 0 Å². The molecular weight excluding hydrogens is 228 g/mol. The molecule has 1 aromatic carbocycles. The zero-order chi connectivity index (χ0) is 12.0. The Hall–Kier alpha value is -1.06. The summed E-state index contributed by atoms with van der Waals surface area (Å²) in [5, 5.41) is 9.61. The highest BCUT2D eigenvalue weighted by atomic mass is 35.5. The van der Waals surface area contributed by atoms with Gasteiger partial charge in [-0.05, 0) is 24.1 Å². The molecule has 0 amide bonds. The van der Waals surface area contributed by atoms with E-state index in [4.69, 9.17) is 21.4 Å². The summed E-state index contributed by atoms with van der Waals surface area (Å²) in [6, 6.07) is 7.12. The van der Waals surface area contributed by atoms with Crippen molar-refractivity contribution < 1.29 is 14.6 Å². The average Bonchev–Trinajstić information content (AvgIpc) is 2.26. The van der Waals surface area contributed by atoms with Crippen molar-refractivity contribution in [3.05, 3.63) is 34.9 Å². The molecule has 4 heteroatoms. The van der Waals surface area contributed by atoms with Gasteiger partial charge in [0, 0.05) is 18.1 Å². The first-order valence-electron chi connectivity index (χ1n) is 5.22. The number of rotatable bonds is 6. The van der Waals surface area contributed by atoms with E-state index in [9.17, 15) is 4.79 Å². The Morgan fingerprint density at radius 1 is 1.44 bits per heavy atom. The number of aliphatic carboxylic acids is 1. The van der Waals surface area contributed by atoms with E-state index in [0.29, 0.717) is 18.1 Å². The maximum absolute atomic E-state index is 10.9. The fourth-order valence-electron chi connectivity index (χ4n) is 1.31. The molecule has 1 atom stereocenters. The number of carboxylic acid groups (broad SMARTS) is 1. The molecule has 88 valence electrons. The number of ether oxygens (including phenoxy) is 1. The molecular formula is C12H15ClO3. The van der Waals surface area contributed by atoms with Gasteiger partial charge in [-0.1, -0.05) is 30.7 Å². The Bertz CT molecular complexity index is 335. The SMILES string of the molecule is CCCO[C@H](Cc1ccc(Cl)cc1)C(=O)O. The lowest BCUT2D eigenvalue weighted by Gasteiger charge is -2.13. The zero-order valence-corrected chi connectivity index (χ0v) is 9.91. The van der Waals surface area contributed by atoms with Crippen LogP contribution in [0.5, 0.6) is 0 Å². The fraction of sp³-hybridized carbons (Fsp3) is 0.417. The molecule has 0 radical (unpaired) electrons. The van der Waals surface area contributed by atoms with Crippen LogP contribution in [0, 0.1) is 0 Å². The largest absolute Gasteiger partial charge is 0.479 e. The van der Waals surface area contributed by atoms with Crippen molar-refractivity contribution in [2.75, 3.05) is 6.61 Å². The number of carbonyl (C=O) groups is 1. The summed E-state index contributed by atoms with van der Waals surface area (Å²) in [5.41, 5.74) is 0.910. The first-order valence-corrected chi connectivity index (χ1v) is 5.60. The van der Waals surface area contributed by atoms with E-state index in [2.05, 4.69) is 0 Å². The lowest BCUT2D eigenvalue weighted by atomic mass is 10.1. The van der Waals surface area contributed by atoms with Crippen LogP contribution in [0.1, 0.15) is 18.9 Å². The first kappa shape index (κ1) is 13.0. The van der Waals surface area contributed by atoms with Crippen molar-refractivity contribution in [2.24, 2.45) is 0 Å². The monoisotopic (exact) mass is 242 g/mol. The summed E-state index contributed by atoms with van der Waals surface area (Å²) in [6.07, 6.45) is 0.401. The van der Waals surface area contributed by atoms with Gasteiger partial charge < -0.3 is 9.84 Å². The van der Waals surface area contributed by atoms with Crippen molar-refractivity contribution in [2.45, 2.75) is 25.9 Å². The molecule has 0 unspecified atom stereocenters. The number of carboxylic acids is 1. The Labute approximate surface area is 100.0 Å². The van der Waals surface area contributed by atoms with E-state index in [-0.39, 0.29) is 0 Å². The van der Waals surface area contributed by atoms with Crippen molar-refractivity contribution in [3.63, 3.8) is 0 Å². The van der Waals surface area contributed by atoms with Crippen LogP contribution in [0.15, 0.2) is 24.3 Å². The van der Waals surface area contributed by atoms with Gasteiger partial charge in [0.05, 0.1) is 0 Å². The predicted molar refractivity (Wildman–Crippen MR) is 62.8 cm³/mol. The van der Waals surface area contributed by atoms with E-state index in [1.54, 1.807) is 12.1 Å². The van der Waals surface area contributed by atoms with Crippen molar-refractivity contribution in [1.82, 2.24) is 0 Å². The molecule has 1 aromatic rings. The Kier molecular flexibility index (Phi) is 5.29. The van der Waals surface area contributed by atoms with E-state index >= 15 is 0 Å². The molecule has 0 spiro atoms. The molecule has 0 heterocycles. The molecule has 3 nitrogen and oxygen atoms in total. The Morgan fingerprint density at radius 2 is 2.06 bits per heavy atom. The van der Waals surface area contributed by atoms with Crippen molar-refractivity contribution in [1.29, 1.82) is 0 Å². The number of halogens is 1. The van der Waals surface area contributed by atoms with Crippen LogP contribution in [-0.4, -0.2) is 23.8 Å². The molecule has 0 fully saturated rings. The lowest BCUT2D eigenvalue weighted by Crippen LogP contribution is -2.26. The van der Waals surface area contributed by atoms with E-state index in [1.165, 1.54) is 0 Å². The topological polar surface area (TPSA) is 46.5 Å². The van der Waals surface area contributed by atoms with Crippen LogP contribution in [0.25, 0.3) is 0 Å². The van der Waals surface area contributed by atoms with Gasteiger partial charge in [-0.25, -0.2) is 4.79 Å². The predicted octanol–water partition coefficient (Wildman–Crippen LogP) is 2.76. The molecule has 0 bridgehead atoms. The minimum atomic E-state index is -0.927. The average molecular weight is 243 g/mol. The van der Waals surface area contributed by atoms with Gasteiger partial charge >= 0.3 is 5.97 Å². The second-order valence-electron chi connectivity index (χ2n) is 3.53. The molecule has 0 aliphatic carbocycles. The molecule has 1 rings (SSSR count). The molecule has 0 saturated heterocycles. The van der Waals surface area contributed by atoms with E-state index < -0.39 is 12.1 Å². The third-order valence-corrected chi connectivity index (χ3v) is 2.38. The number of benzene rings is 1. The van der Waals surface area contributed by atoms with Crippen LogP contribution in [0.4, 0.5) is 0 Å². The summed E-state index contributed by atoms with van der Waals surface area (Å²) < 4.78 is 5.25. The molecule has 0 saturated carbocycles. The van der Waals surface area contributed by atoms with Gasteiger partial charge in [0.25, 0.3) is 0 Å². The molecule has 16 heavy (non-hydrogen) atoms. The number of hydrogen-bond donors (Lipinski definition) is 1. The maximum atomic E-state index is 10.9. The van der Waals surface area contributed by atoms with Gasteiger partial charge in [0.1, 0.15) is 0 Å². The van der Waals surface area contributed by atoms with Crippen LogP contribution in [-0.2, 0) is 16.0 Å². The third-order valence-electron chi connectivity index (χ3n) is 2.13. The lowest BCUT2D eigenvalue weighted by molar-refractivity contribution is -0.150. The molecule has 0 aliphatic heterocycles. The third kappa shape index (κ3) is 4.21. The van der Waals surface area contributed by atoms with E-state index in [1.807, 2.05) is 19.1 Å². The zero-order valence-electron chi connectivity index (χ0n) is 9.15. The van der Waals surface area contributed by atoms with Crippen LogP contribution in [0.2, 0.25) is 5.02 Å². The van der Waals surface area contributed by atoms with Crippen LogP contribution in [0.3, 0.4) is 0 Å². The van der Waals surface area contributed by atoms with E-state index in [0.717, 1.165) is 12.0 Å². The highest BCUT2D eigenvalue weighted by Gasteiger charge is 2.17. The van der Waals surface area contributed by atoms with Crippen molar-refractivity contribution in [3.8, 4) is 0 Å². The summed E-state index contributed by atoms with van der Waals surface area (Å²) in [4.78, 5) is 10.9. The standard InChI is InChI=1S/C12H15ClO3/c1-2-7-16-11(12(14)15)8-9-3-5-10(13)6-4-9/h3-6,11H,2,7-8H2,1H3,(H,14,15)/t11-/m1/s1. The number of hydrogen-bond acceptors (Lipinski definition) is 2. The van der Waals surface area contributed by atoms with Gasteiger partial charge in [-0.3, -0.25) is 0 Å². The van der Waals surface area contributed by atoms with Gasteiger partial charge in [-0.2, -0.15) is 0 Å². The van der Waals surface area contributed by atoms with Gasteiger partial charge in [0.15, 0.2) is 6.10 Å². The maximum Gasteiger partial charge on any atom is 0.333 e. The minimum absolute atomic E-state index is 0.368. The highest BCUT2D eigenvalue weighted by molar-refractivity contribution is 6.30. The van der Waals surface area contributed by atoms with Gasteiger partial charge in [0.2, 0.25) is 0 Å². The normalized spacial score (nSPS) is 12.4. The smallest absolute Gasteiger partial charge is 0.333 e. The van der Waals surface area contributed by atoms with Crippen molar-refractivity contribution >= 4 is 17.6 Å². The first-order chi connectivity index (χ1) is 7.63. The highest BCUT2D eigenvalue weighted by Crippen LogP contribution is 2.12. The van der Waals surface area contributed by atoms with Gasteiger partial charge in [-0.15, -0.1) is 0 Å². The summed E-state index contributed by atoms with van der Waals surface area (Å²) in [5.74, 6) is -0.927. The molecule has 0 aromatic heterocycles. The Morgan fingerprint density at radius 3 is 2.56 bits per heavy atom. The summed E-state index contributed by atoms with van der Waals surface area (Å²) in [7, 11) is 0.